The van der Waals surface area contributed by atoms with Crippen molar-refractivity contribution in [3.8, 4) is 0 Å². The van der Waals surface area contributed by atoms with Gasteiger partial charge in [0.1, 0.15) is 5.82 Å². The Hall–Kier alpha value is -1.36. The number of rotatable bonds is 5. The largest absolute Gasteiger partial charge is 0.368 e. The van der Waals surface area contributed by atoms with Gasteiger partial charge >= 0.3 is 0 Å². The first-order valence-electron chi connectivity index (χ1n) is 8.34. The van der Waals surface area contributed by atoms with Gasteiger partial charge in [0.05, 0.1) is 5.69 Å². The topological polar surface area (TPSA) is 58.3 Å². The predicted molar refractivity (Wildman–Crippen MR) is 86.6 cm³/mol. The van der Waals surface area contributed by atoms with E-state index >= 15 is 0 Å². The fourth-order valence-corrected chi connectivity index (χ4v) is 3.68. The molecule has 2 N–H and O–H groups in total. The van der Waals surface area contributed by atoms with Crippen LogP contribution in [0.25, 0.3) is 0 Å². The number of hydrogen-bond acceptors (Lipinski definition) is 5. The van der Waals surface area contributed by atoms with Crippen LogP contribution in [0.5, 0.6) is 0 Å². The molecule has 1 aliphatic heterocycles. The highest BCUT2D eigenvalue weighted by Crippen LogP contribution is 2.35. The van der Waals surface area contributed by atoms with Crippen molar-refractivity contribution < 1.29 is 0 Å². The average molecular weight is 289 g/mol. The molecule has 1 saturated carbocycles. The van der Waals surface area contributed by atoms with Gasteiger partial charge in [-0.05, 0) is 25.9 Å². The summed E-state index contributed by atoms with van der Waals surface area (Å²) in [6.07, 6.45) is 5.13. The molecule has 2 aliphatic rings. The van der Waals surface area contributed by atoms with Gasteiger partial charge in [-0.1, -0.05) is 26.7 Å². The molecule has 2 heterocycles. The number of nitrogen functional groups attached to an aromatic ring is 1. The van der Waals surface area contributed by atoms with E-state index in [1.54, 1.807) is 0 Å². The lowest BCUT2D eigenvalue weighted by atomic mass is 10.0. The Balaban J connectivity index is 1.69. The van der Waals surface area contributed by atoms with Crippen molar-refractivity contribution in [2.75, 3.05) is 36.8 Å². The minimum atomic E-state index is 0.431. The third-order valence-corrected chi connectivity index (χ3v) is 5.04. The monoisotopic (exact) mass is 289 g/mol. The van der Waals surface area contributed by atoms with Crippen molar-refractivity contribution in [3.05, 3.63) is 11.8 Å². The average Bonchev–Trinajstić information content (AvgIpc) is 2.95. The molecule has 116 valence electrons. The van der Waals surface area contributed by atoms with Gasteiger partial charge in [-0.2, -0.15) is 4.98 Å². The first kappa shape index (κ1) is 14.6. The third-order valence-electron chi connectivity index (χ3n) is 5.04. The van der Waals surface area contributed by atoms with Crippen LogP contribution < -0.4 is 10.6 Å². The van der Waals surface area contributed by atoms with E-state index in [4.69, 9.17) is 5.73 Å². The molecule has 0 amide bonds. The van der Waals surface area contributed by atoms with E-state index in [-0.39, 0.29) is 0 Å². The van der Waals surface area contributed by atoms with E-state index in [1.165, 1.54) is 25.7 Å². The minimum Gasteiger partial charge on any atom is -0.368 e. The number of nitrogens with two attached hydrogens (primary N) is 1. The molecule has 0 aromatic carbocycles. The molecule has 21 heavy (non-hydrogen) atoms. The smallest absolute Gasteiger partial charge is 0.222 e. The zero-order chi connectivity index (χ0) is 14.8. The van der Waals surface area contributed by atoms with Crippen LogP contribution in [0.15, 0.2) is 6.07 Å². The lowest BCUT2D eigenvalue weighted by Gasteiger charge is -2.45. The molecule has 5 heteroatoms. The molecule has 0 unspecified atom stereocenters. The van der Waals surface area contributed by atoms with E-state index in [9.17, 15) is 0 Å². The van der Waals surface area contributed by atoms with Crippen molar-refractivity contribution in [2.45, 2.75) is 51.5 Å². The van der Waals surface area contributed by atoms with E-state index in [0.717, 1.165) is 37.7 Å². The number of nitrogens with zero attached hydrogens (tertiary/aromatic N) is 4. The Labute approximate surface area is 127 Å². The quantitative estimate of drug-likeness (QED) is 0.901. The second kappa shape index (κ2) is 6.18. The summed E-state index contributed by atoms with van der Waals surface area (Å²) < 4.78 is 0. The van der Waals surface area contributed by atoms with Crippen molar-refractivity contribution >= 4 is 11.8 Å². The minimum absolute atomic E-state index is 0.431. The highest BCUT2D eigenvalue weighted by molar-refractivity contribution is 5.47. The first-order chi connectivity index (χ1) is 10.2. The molecule has 0 bridgehead atoms. The Morgan fingerprint density at radius 3 is 2.48 bits per heavy atom. The van der Waals surface area contributed by atoms with E-state index in [2.05, 4.69) is 39.7 Å². The Kier molecular flexibility index (Phi) is 4.29. The first-order valence-corrected chi connectivity index (χ1v) is 8.34. The molecule has 2 fully saturated rings. The maximum absolute atomic E-state index is 5.93. The van der Waals surface area contributed by atoms with Gasteiger partial charge in [0.25, 0.3) is 0 Å². The highest BCUT2D eigenvalue weighted by Gasteiger charge is 2.32. The van der Waals surface area contributed by atoms with Gasteiger partial charge < -0.3 is 10.6 Å². The summed E-state index contributed by atoms with van der Waals surface area (Å²) in [6.45, 7) is 8.81. The van der Waals surface area contributed by atoms with E-state index in [0.29, 0.717) is 17.9 Å². The number of likely N-dealkylation sites (N-methyl/N-ethyl adjacent to an activating group) is 1. The summed E-state index contributed by atoms with van der Waals surface area (Å²) in [7, 11) is 0. The van der Waals surface area contributed by atoms with Crippen molar-refractivity contribution in [2.24, 2.45) is 0 Å². The molecule has 0 spiro atoms. The molecule has 0 atom stereocenters. The normalized spacial score (nSPS) is 20.2. The van der Waals surface area contributed by atoms with Crippen LogP contribution in [-0.4, -0.2) is 47.1 Å². The number of aromatic nitrogens is 2. The number of hydrogen-bond donors (Lipinski definition) is 1. The molecule has 1 aromatic heterocycles. The van der Waals surface area contributed by atoms with Gasteiger partial charge in [-0.25, -0.2) is 4.98 Å². The summed E-state index contributed by atoms with van der Waals surface area (Å²) >= 11 is 0. The number of anilines is 2. The zero-order valence-corrected chi connectivity index (χ0v) is 13.3. The van der Waals surface area contributed by atoms with Gasteiger partial charge in [0.15, 0.2) is 0 Å². The molecule has 5 nitrogen and oxygen atoms in total. The van der Waals surface area contributed by atoms with Crippen LogP contribution in [-0.2, 0) is 0 Å². The van der Waals surface area contributed by atoms with Crippen LogP contribution in [0.1, 0.15) is 51.1 Å². The van der Waals surface area contributed by atoms with Gasteiger partial charge in [0.2, 0.25) is 5.95 Å². The summed E-state index contributed by atoms with van der Waals surface area (Å²) in [6, 6.07) is 2.83. The third kappa shape index (κ3) is 2.98. The molecule has 1 aliphatic carbocycles. The second-order valence-electron chi connectivity index (χ2n) is 6.27. The summed E-state index contributed by atoms with van der Waals surface area (Å²) in [5.74, 6) is 2.04. The maximum Gasteiger partial charge on any atom is 0.222 e. The Morgan fingerprint density at radius 1 is 1.19 bits per heavy atom. The van der Waals surface area contributed by atoms with E-state index < -0.39 is 0 Å². The molecular weight excluding hydrogens is 262 g/mol. The van der Waals surface area contributed by atoms with Gasteiger partial charge in [-0.3, -0.25) is 4.90 Å². The fourth-order valence-electron chi connectivity index (χ4n) is 3.68. The lowest BCUT2D eigenvalue weighted by Crippen LogP contribution is -2.59. The SMILES string of the molecule is CCN(CC)C1CN(c2cc(C3CCCC3)nc(N)n2)C1. The highest BCUT2D eigenvalue weighted by atomic mass is 15.3. The van der Waals surface area contributed by atoms with Crippen LogP contribution in [0.4, 0.5) is 11.8 Å². The van der Waals surface area contributed by atoms with Crippen LogP contribution in [0.2, 0.25) is 0 Å². The molecule has 1 aromatic rings. The summed E-state index contributed by atoms with van der Waals surface area (Å²) in [5.41, 5.74) is 7.09. The molecule has 0 radical (unpaired) electrons. The predicted octanol–water partition coefficient (Wildman–Crippen LogP) is 2.25. The molecule has 1 saturated heterocycles. The molecular formula is C16H27N5. The maximum atomic E-state index is 5.93. The van der Waals surface area contributed by atoms with Gasteiger partial charge in [-0.15, -0.1) is 0 Å². The standard InChI is InChI=1S/C16H27N5/c1-3-20(4-2)13-10-21(11-13)15-9-14(18-16(17)19-15)12-7-5-6-8-12/h9,12-13H,3-8,10-11H2,1-2H3,(H2,17,18,19). The van der Waals surface area contributed by atoms with Crippen LogP contribution >= 0.6 is 0 Å². The summed E-state index contributed by atoms with van der Waals surface area (Å²) in [5, 5.41) is 0. The van der Waals surface area contributed by atoms with Crippen LogP contribution in [0, 0.1) is 0 Å². The van der Waals surface area contributed by atoms with Crippen molar-refractivity contribution in [3.63, 3.8) is 0 Å². The lowest BCUT2D eigenvalue weighted by molar-refractivity contribution is 0.183. The van der Waals surface area contributed by atoms with Crippen LogP contribution in [0.3, 0.4) is 0 Å². The Bertz CT molecular complexity index is 474. The van der Waals surface area contributed by atoms with E-state index in [1.807, 2.05) is 0 Å². The van der Waals surface area contributed by atoms with Crippen molar-refractivity contribution in [1.29, 1.82) is 0 Å². The molecule has 3 rings (SSSR count). The zero-order valence-electron chi connectivity index (χ0n) is 13.3. The van der Waals surface area contributed by atoms with Gasteiger partial charge in [0, 0.05) is 31.1 Å². The Morgan fingerprint density at radius 2 is 1.86 bits per heavy atom. The van der Waals surface area contributed by atoms with Crippen molar-refractivity contribution in [1.82, 2.24) is 14.9 Å². The second-order valence-corrected chi connectivity index (χ2v) is 6.27. The summed E-state index contributed by atoms with van der Waals surface area (Å²) in [4.78, 5) is 13.8. The fraction of sp³-hybridized carbons (Fsp3) is 0.750.